The molecule has 1 atom stereocenters. The van der Waals surface area contributed by atoms with Gasteiger partial charge in [0, 0.05) is 18.7 Å². The minimum Gasteiger partial charge on any atom is -0.393 e. The van der Waals surface area contributed by atoms with Crippen molar-refractivity contribution >= 4 is 5.91 Å². The van der Waals surface area contributed by atoms with Gasteiger partial charge in [0.25, 0.3) is 5.91 Å². The van der Waals surface area contributed by atoms with E-state index in [1.807, 2.05) is 18.2 Å². The Labute approximate surface area is 124 Å². The highest BCUT2D eigenvalue weighted by atomic mass is 16.3. The van der Waals surface area contributed by atoms with Crippen LogP contribution in [0.25, 0.3) is 0 Å². The second kappa shape index (κ2) is 5.75. The van der Waals surface area contributed by atoms with Crippen LogP contribution in [0.1, 0.15) is 34.3 Å². The van der Waals surface area contributed by atoms with Crippen LogP contribution < -0.4 is 5.32 Å². The van der Waals surface area contributed by atoms with Crippen LogP contribution in [0.4, 0.5) is 0 Å². The maximum atomic E-state index is 12.6. The fourth-order valence-corrected chi connectivity index (χ4v) is 3.21. The molecule has 0 aliphatic carbocycles. The molecular formula is C16H22N2O3. The molecule has 2 aliphatic heterocycles. The Hall–Kier alpha value is -1.43. The quantitative estimate of drug-likeness (QED) is 0.732. The Morgan fingerprint density at radius 3 is 3.05 bits per heavy atom. The first-order valence-corrected chi connectivity index (χ1v) is 7.56. The molecule has 0 radical (unpaired) electrons. The van der Waals surface area contributed by atoms with Crippen LogP contribution in [-0.2, 0) is 13.0 Å². The third-order valence-electron chi connectivity index (χ3n) is 4.48. The molecule has 0 unspecified atom stereocenters. The smallest absolute Gasteiger partial charge is 0.253 e. The maximum Gasteiger partial charge on any atom is 0.253 e. The minimum absolute atomic E-state index is 0.0529. The Balaban J connectivity index is 1.78. The van der Waals surface area contributed by atoms with Gasteiger partial charge in [0.1, 0.15) is 5.60 Å². The number of hydrogen-bond acceptors (Lipinski definition) is 4. The minimum atomic E-state index is -1.15. The van der Waals surface area contributed by atoms with Crippen LogP contribution in [-0.4, -0.2) is 52.9 Å². The van der Waals surface area contributed by atoms with Crippen LogP contribution in [0, 0.1) is 0 Å². The van der Waals surface area contributed by atoms with E-state index in [4.69, 9.17) is 0 Å². The molecule has 2 aliphatic rings. The number of benzene rings is 1. The van der Waals surface area contributed by atoms with Gasteiger partial charge in [-0.15, -0.1) is 0 Å². The molecular weight excluding hydrogens is 268 g/mol. The summed E-state index contributed by atoms with van der Waals surface area (Å²) >= 11 is 0. The summed E-state index contributed by atoms with van der Waals surface area (Å²) in [5.41, 5.74) is 2.02. The van der Waals surface area contributed by atoms with E-state index < -0.39 is 5.60 Å². The Morgan fingerprint density at radius 2 is 2.24 bits per heavy atom. The maximum absolute atomic E-state index is 12.6. The Morgan fingerprint density at radius 1 is 1.38 bits per heavy atom. The summed E-state index contributed by atoms with van der Waals surface area (Å²) in [6.45, 7) is 2.35. The molecule has 5 nitrogen and oxygen atoms in total. The van der Waals surface area contributed by atoms with E-state index in [0.717, 1.165) is 25.9 Å². The van der Waals surface area contributed by atoms with Crippen LogP contribution in [0.5, 0.6) is 0 Å². The van der Waals surface area contributed by atoms with Crippen molar-refractivity contribution in [3.63, 3.8) is 0 Å². The summed E-state index contributed by atoms with van der Waals surface area (Å²) in [4.78, 5) is 14.3. The van der Waals surface area contributed by atoms with Crippen molar-refractivity contribution in [3.8, 4) is 0 Å². The molecule has 1 aromatic carbocycles. The number of carbonyl (C=O) groups is 1. The topological polar surface area (TPSA) is 72.8 Å². The first-order chi connectivity index (χ1) is 10.1. The number of aliphatic hydroxyl groups excluding tert-OH is 1. The van der Waals surface area contributed by atoms with Crippen molar-refractivity contribution in [1.29, 1.82) is 0 Å². The third-order valence-corrected chi connectivity index (χ3v) is 4.48. The molecule has 0 aromatic heterocycles. The van der Waals surface area contributed by atoms with Gasteiger partial charge in [-0.05, 0) is 49.1 Å². The van der Waals surface area contributed by atoms with Gasteiger partial charge < -0.3 is 20.4 Å². The number of nitrogens with zero attached hydrogens (tertiary/aromatic N) is 1. The normalized spacial score (nSPS) is 25.5. The van der Waals surface area contributed by atoms with E-state index in [0.29, 0.717) is 18.5 Å². The summed E-state index contributed by atoms with van der Waals surface area (Å²) in [5.74, 6) is -0.0529. The van der Waals surface area contributed by atoms with Crippen molar-refractivity contribution in [1.82, 2.24) is 10.2 Å². The summed E-state index contributed by atoms with van der Waals surface area (Å²) in [6, 6.07) is 5.85. The molecule has 0 spiro atoms. The first-order valence-electron chi connectivity index (χ1n) is 7.56. The number of carbonyl (C=O) groups excluding carboxylic acids is 1. The second-order valence-electron chi connectivity index (χ2n) is 6.12. The molecule has 2 heterocycles. The largest absolute Gasteiger partial charge is 0.393 e. The highest BCUT2D eigenvalue weighted by molar-refractivity contribution is 5.94. The highest BCUT2D eigenvalue weighted by Crippen LogP contribution is 2.23. The van der Waals surface area contributed by atoms with E-state index in [9.17, 15) is 15.0 Å². The standard InChI is InChI=1S/C16H22N2O3/c19-11-16(21)5-1-7-18(10-16)15(20)13-2-3-14-9-17-6-4-12(14)8-13/h2-3,8,17,19,21H,1,4-7,9-11H2/t16-/m1/s1. The number of nitrogens with one attached hydrogen (secondary N) is 1. The molecule has 3 rings (SSSR count). The summed E-state index contributed by atoms with van der Waals surface area (Å²) in [6.07, 6.45) is 2.21. The molecule has 0 bridgehead atoms. The van der Waals surface area contributed by atoms with Gasteiger partial charge in [0.05, 0.1) is 13.2 Å². The molecule has 3 N–H and O–H groups in total. The Kier molecular flexibility index (Phi) is 3.97. The van der Waals surface area contributed by atoms with Gasteiger partial charge in [-0.2, -0.15) is 0 Å². The lowest BCUT2D eigenvalue weighted by atomic mass is 9.92. The van der Waals surface area contributed by atoms with Crippen LogP contribution in [0.3, 0.4) is 0 Å². The molecule has 1 aromatic rings. The molecule has 0 saturated carbocycles. The van der Waals surface area contributed by atoms with Crippen LogP contribution >= 0.6 is 0 Å². The van der Waals surface area contributed by atoms with Crippen LogP contribution in [0.2, 0.25) is 0 Å². The third kappa shape index (κ3) is 2.95. The van der Waals surface area contributed by atoms with Gasteiger partial charge in [0.2, 0.25) is 0 Å². The van der Waals surface area contributed by atoms with Crippen molar-refractivity contribution in [2.75, 3.05) is 26.2 Å². The SMILES string of the molecule is O=C(c1ccc2c(c1)CCNC2)N1CCC[C@](O)(CO)C1. The summed E-state index contributed by atoms with van der Waals surface area (Å²) in [5, 5.41) is 22.8. The number of piperidine rings is 1. The van der Waals surface area contributed by atoms with Gasteiger partial charge in [-0.1, -0.05) is 6.07 Å². The summed E-state index contributed by atoms with van der Waals surface area (Å²) < 4.78 is 0. The highest BCUT2D eigenvalue weighted by Gasteiger charge is 2.35. The lowest BCUT2D eigenvalue weighted by Crippen LogP contribution is -2.52. The molecule has 1 fully saturated rings. The average Bonchev–Trinajstić information content (AvgIpc) is 2.54. The fourth-order valence-electron chi connectivity index (χ4n) is 3.21. The van der Waals surface area contributed by atoms with Gasteiger partial charge in [-0.3, -0.25) is 4.79 Å². The number of fused-ring (bicyclic) bond motifs is 1. The van der Waals surface area contributed by atoms with E-state index >= 15 is 0 Å². The average molecular weight is 290 g/mol. The number of hydrogen-bond donors (Lipinski definition) is 3. The van der Waals surface area contributed by atoms with Crippen molar-refractivity contribution in [2.45, 2.75) is 31.4 Å². The fraction of sp³-hybridized carbons (Fsp3) is 0.562. The zero-order chi connectivity index (χ0) is 14.9. The molecule has 114 valence electrons. The lowest BCUT2D eigenvalue weighted by Gasteiger charge is -2.38. The van der Waals surface area contributed by atoms with E-state index in [1.54, 1.807) is 4.90 Å². The molecule has 1 saturated heterocycles. The monoisotopic (exact) mass is 290 g/mol. The molecule has 1 amide bonds. The number of β-amino-alcohol motifs (C(OH)–C–C–N with tert-alkyl or cyclic N) is 1. The van der Waals surface area contributed by atoms with E-state index in [1.165, 1.54) is 11.1 Å². The Bertz CT molecular complexity index is 546. The number of likely N-dealkylation sites (tertiary alicyclic amines) is 1. The molecule has 5 heteroatoms. The zero-order valence-electron chi connectivity index (χ0n) is 12.1. The predicted octanol–water partition coefficient (Wildman–Crippen LogP) is 0.292. The van der Waals surface area contributed by atoms with Gasteiger partial charge in [0.15, 0.2) is 0 Å². The van der Waals surface area contributed by atoms with E-state index in [-0.39, 0.29) is 19.1 Å². The van der Waals surface area contributed by atoms with Crippen molar-refractivity contribution in [2.24, 2.45) is 0 Å². The summed E-state index contributed by atoms with van der Waals surface area (Å²) in [7, 11) is 0. The van der Waals surface area contributed by atoms with Crippen molar-refractivity contribution < 1.29 is 15.0 Å². The molecule has 21 heavy (non-hydrogen) atoms. The van der Waals surface area contributed by atoms with Crippen molar-refractivity contribution in [3.05, 3.63) is 34.9 Å². The lowest BCUT2D eigenvalue weighted by molar-refractivity contribution is -0.0598. The second-order valence-corrected chi connectivity index (χ2v) is 6.12. The number of aliphatic hydroxyl groups is 2. The van der Waals surface area contributed by atoms with Gasteiger partial charge in [-0.25, -0.2) is 0 Å². The predicted molar refractivity (Wildman–Crippen MR) is 79.0 cm³/mol. The van der Waals surface area contributed by atoms with Crippen LogP contribution in [0.15, 0.2) is 18.2 Å². The van der Waals surface area contributed by atoms with Gasteiger partial charge >= 0.3 is 0 Å². The zero-order valence-corrected chi connectivity index (χ0v) is 12.1. The number of rotatable bonds is 2. The first kappa shape index (κ1) is 14.5. The van der Waals surface area contributed by atoms with E-state index in [2.05, 4.69) is 5.32 Å². The number of amides is 1.